The van der Waals surface area contributed by atoms with Gasteiger partial charge in [-0.1, -0.05) is 37.0 Å². The molecular weight excluding hydrogens is 144 g/mol. The van der Waals surface area contributed by atoms with Crippen molar-refractivity contribution in [1.82, 2.24) is 0 Å². The molecule has 0 spiro atoms. The Morgan fingerprint density at radius 3 is 2.75 bits per heavy atom. The molecule has 0 heterocycles. The zero-order valence-electron chi connectivity index (χ0n) is 7.72. The number of hydrogen-bond donors (Lipinski definition) is 0. The summed E-state index contributed by atoms with van der Waals surface area (Å²) in [5.41, 5.74) is 3.64. The van der Waals surface area contributed by atoms with Gasteiger partial charge in [-0.05, 0) is 25.0 Å². The maximum atomic E-state index is 5.38. The molecule has 1 aromatic rings. The fraction of sp³-hybridized carbons (Fsp3) is 0.333. The summed E-state index contributed by atoms with van der Waals surface area (Å²) in [5.74, 6) is 2.71. The number of terminal acetylenes is 1. The van der Waals surface area contributed by atoms with Crippen LogP contribution in [-0.4, -0.2) is 0 Å². The summed E-state index contributed by atoms with van der Waals surface area (Å²) < 4.78 is 0. The van der Waals surface area contributed by atoms with Gasteiger partial charge in [-0.3, -0.25) is 0 Å². The molecule has 0 atom stereocenters. The molecule has 0 saturated carbocycles. The highest BCUT2D eigenvalue weighted by molar-refractivity contribution is 5.42. The lowest BCUT2D eigenvalue weighted by Crippen LogP contribution is -1.89. The van der Waals surface area contributed by atoms with Crippen LogP contribution in [-0.2, 0) is 6.42 Å². The standard InChI is InChI=1S/C12H14/c1-4-6-12-9-10(3)7-8-11(12)5-2/h2,7-9H,4,6H2,1,3H3. The molecule has 0 aliphatic carbocycles. The predicted molar refractivity (Wildman–Crippen MR) is 53.1 cm³/mol. The van der Waals surface area contributed by atoms with Crippen LogP contribution in [0.25, 0.3) is 0 Å². The van der Waals surface area contributed by atoms with Crippen molar-refractivity contribution in [2.45, 2.75) is 26.7 Å². The Hall–Kier alpha value is -1.22. The Morgan fingerprint density at radius 1 is 1.42 bits per heavy atom. The Kier molecular flexibility index (Phi) is 2.94. The van der Waals surface area contributed by atoms with Crippen molar-refractivity contribution >= 4 is 0 Å². The molecule has 0 saturated heterocycles. The van der Waals surface area contributed by atoms with Gasteiger partial charge in [-0.25, -0.2) is 0 Å². The van der Waals surface area contributed by atoms with Gasteiger partial charge < -0.3 is 0 Å². The number of rotatable bonds is 2. The highest BCUT2D eigenvalue weighted by atomic mass is 14.0. The lowest BCUT2D eigenvalue weighted by atomic mass is 10.0. The smallest absolute Gasteiger partial charge is 0.0274 e. The molecule has 0 amide bonds. The molecule has 0 fully saturated rings. The fourth-order valence-electron chi connectivity index (χ4n) is 1.34. The molecule has 0 unspecified atom stereocenters. The van der Waals surface area contributed by atoms with E-state index in [0.29, 0.717) is 0 Å². The summed E-state index contributed by atoms with van der Waals surface area (Å²) in [5, 5.41) is 0. The Balaban J connectivity index is 3.06. The van der Waals surface area contributed by atoms with Gasteiger partial charge in [-0.2, -0.15) is 0 Å². The molecule has 1 rings (SSSR count). The van der Waals surface area contributed by atoms with Crippen molar-refractivity contribution in [2.24, 2.45) is 0 Å². The van der Waals surface area contributed by atoms with Gasteiger partial charge in [0.05, 0.1) is 0 Å². The molecule has 0 aliphatic rings. The zero-order valence-corrected chi connectivity index (χ0v) is 7.72. The van der Waals surface area contributed by atoms with Crippen LogP contribution >= 0.6 is 0 Å². The van der Waals surface area contributed by atoms with E-state index in [2.05, 4.69) is 31.9 Å². The number of hydrogen-bond acceptors (Lipinski definition) is 0. The largest absolute Gasteiger partial charge is 0.115 e. The lowest BCUT2D eigenvalue weighted by Gasteiger charge is -2.03. The molecule has 12 heavy (non-hydrogen) atoms. The minimum absolute atomic E-state index is 1.04. The first-order valence-electron chi connectivity index (χ1n) is 4.34. The average Bonchev–Trinajstić information content (AvgIpc) is 2.05. The van der Waals surface area contributed by atoms with E-state index in [1.54, 1.807) is 0 Å². The van der Waals surface area contributed by atoms with Crippen LogP contribution in [0.4, 0.5) is 0 Å². The quantitative estimate of drug-likeness (QED) is 0.580. The zero-order chi connectivity index (χ0) is 8.97. The second-order valence-corrected chi connectivity index (χ2v) is 3.05. The van der Waals surface area contributed by atoms with E-state index < -0.39 is 0 Å². The molecule has 0 aliphatic heterocycles. The van der Waals surface area contributed by atoms with E-state index in [4.69, 9.17) is 6.42 Å². The van der Waals surface area contributed by atoms with Crippen LogP contribution in [0.15, 0.2) is 18.2 Å². The maximum Gasteiger partial charge on any atom is 0.0274 e. The van der Waals surface area contributed by atoms with Crippen molar-refractivity contribution in [3.05, 3.63) is 34.9 Å². The van der Waals surface area contributed by atoms with Gasteiger partial charge in [0.25, 0.3) is 0 Å². The van der Waals surface area contributed by atoms with Crippen LogP contribution < -0.4 is 0 Å². The summed E-state index contributed by atoms with van der Waals surface area (Å²) in [6.07, 6.45) is 7.62. The molecule has 0 N–H and O–H groups in total. The van der Waals surface area contributed by atoms with E-state index in [1.807, 2.05) is 6.07 Å². The first-order chi connectivity index (χ1) is 5.77. The first kappa shape index (κ1) is 8.87. The predicted octanol–water partition coefficient (Wildman–Crippen LogP) is 2.93. The summed E-state index contributed by atoms with van der Waals surface area (Å²) in [6.45, 7) is 4.27. The highest BCUT2D eigenvalue weighted by Crippen LogP contribution is 2.12. The van der Waals surface area contributed by atoms with E-state index in [0.717, 1.165) is 18.4 Å². The van der Waals surface area contributed by atoms with Crippen molar-refractivity contribution in [2.75, 3.05) is 0 Å². The van der Waals surface area contributed by atoms with Gasteiger partial charge in [0.2, 0.25) is 0 Å². The normalized spacial score (nSPS) is 9.42. The van der Waals surface area contributed by atoms with Crippen LogP contribution in [0.3, 0.4) is 0 Å². The van der Waals surface area contributed by atoms with Crippen molar-refractivity contribution in [3.8, 4) is 12.3 Å². The van der Waals surface area contributed by atoms with Crippen LogP contribution in [0, 0.1) is 19.3 Å². The first-order valence-corrected chi connectivity index (χ1v) is 4.34. The van der Waals surface area contributed by atoms with Crippen LogP contribution in [0.2, 0.25) is 0 Å². The molecule has 0 aromatic heterocycles. The average molecular weight is 158 g/mol. The molecule has 1 aromatic carbocycles. The Labute approximate surface area is 74.6 Å². The van der Waals surface area contributed by atoms with E-state index in [1.165, 1.54) is 11.1 Å². The molecule has 0 bridgehead atoms. The second-order valence-electron chi connectivity index (χ2n) is 3.05. The fourth-order valence-corrected chi connectivity index (χ4v) is 1.34. The van der Waals surface area contributed by atoms with Crippen LogP contribution in [0.1, 0.15) is 30.0 Å². The third kappa shape index (κ3) is 1.89. The van der Waals surface area contributed by atoms with Gasteiger partial charge in [0.15, 0.2) is 0 Å². The molecular formula is C12H14. The Bertz CT molecular complexity index is 302. The maximum absolute atomic E-state index is 5.38. The second kappa shape index (κ2) is 3.97. The third-order valence-electron chi connectivity index (χ3n) is 1.94. The summed E-state index contributed by atoms with van der Waals surface area (Å²) in [7, 11) is 0. The topological polar surface area (TPSA) is 0 Å². The minimum atomic E-state index is 1.04. The van der Waals surface area contributed by atoms with E-state index in [-0.39, 0.29) is 0 Å². The molecule has 62 valence electrons. The van der Waals surface area contributed by atoms with E-state index >= 15 is 0 Å². The van der Waals surface area contributed by atoms with E-state index in [9.17, 15) is 0 Å². The SMILES string of the molecule is C#Cc1ccc(C)cc1CCC. The minimum Gasteiger partial charge on any atom is -0.115 e. The summed E-state index contributed by atoms with van der Waals surface area (Å²) >= 11 is 0. The molecule has 0 heteroatoms. The summed E-state index contributed by atoms with van der Waals surface area (Å²) in [6, 6.07) is 6.27. The molecule has 0 radical (unpaired) electrons. The van der Waals surface area contributed by atoms with Crippen LogP contribution in [0.5, 0.6) is 0 Å². The molecule has 0 nitrogen and oxygen atoms in total. The van der Waals surface area contributed by atoms with Crippen molar-refractivity contribution in [1.29, 1.82) is 0 Å². The van der Waals surface area contributed by atoms with Gasteiger partial charge in [0.1, 0.15) is 0 Å². The van der Waals surface area contributed by atoms with Crippen molar-refractivity contribution in [3.63, 3.8) is 0 Å². The van der Waals surface area contributed by atoms with Crippen molar-refractivity contribution < 1.29 is 0 Å². The Morgan fingerprint density at radius 2 is 2.17 bits per heavy atom. The van der Waals surface area contributed by atoms with Gasteiger partial charge >= 0.3 is 0 Å². The number of benzene rings is 1. The monoisotopic (exact) mass is 158 g/mol. The third-order valence-corrected chi connectivity index (χ3v) is 1.94. The lowest BCUT2D eigenvalue weighted by molar-refractivity contribution is 0.917. The van der Waals surface area contributed by atoms with Gasteiger partial charge in [-0.15, -0.1) is 6.42 Å². The highest BCUT2D eigenvalue weighted by Gasteiger charge is 1.98. The summed E-state index contributed by atoms with van der Waals surface area (Å²) in [4.78, 5) is 0. The number of aryl methyl sites for hydroxylation is 2. The van der Waals surface area contributed by atoms with Gasteiger partial charge in [0, 0.05) is 5.56 Å².